The van der Waals surface area contributed by atoms with Crippen LogP contribution in [0.1, 0.15) is 11.1 Å². The van der Waals surface area contributed by atoms with Crippen LogP contribution >= 0.6 is 39.1 Å². The second kappa shape index (κ2) is 5.96. The molecule has 0 aliphatic carbocycles. The molecule has 0 atom stereocenters. The lowest BCUT2D eigenvalue weighted by atomic mass is 9.98. The quantitative estimate of drug-likeness (QED) is 0.514. The maximum absolute atomic E-state index is 12.7. The van der Waals surface area contributed by atoms with Gasteiger partial charge in [-0.25, -0.2) is 0 Å². The van der Waals surface area contributed by atoms with Gasteiger partial charge in [0.2, 0.25) is 0 Å². The van der Waals surface area contributed by atoms with Crippen LogP contribution in [-0.4, -0.2) is 0 Å². The summed E-state index contributed by atoms with van der Waals surface area (Å²) in [6.45, 7) is 0. The molecule has 0 aromatic heterocycles. The van der Waals surface area contributed by atoms with Crippen LogP contribution < -0.4 is 0 Å². The number of rotatable bonds is 2. The summed E-state index contributed by atoms with van der Waals surface area (Å²) in [6.07, 6.45) is -4.37. The third-order valence-electron chi connectivity index (χ3n) is 2.82. The van der Waals surface area contributed by atoms with E-state index in [1.807, 2.05) is 0 Å². The number of benzene rings is 2. The van der Waals surface area contributed by atoms with Gasteiger partial charge in [-0.05, 0) is 29.3 Å². The van der Waals surface area contributed by atoms with Crippen LogP contribution in [0.4, 0.5) is 13.2 Å². The molecule has 0 fully saturated rings. The topological polar surface area (TPSA) is 0 Å². The van der Waals surface area contributed by atoms with Gasteiger partial charge in [-0.2, -0.15) is 13.2 Å². The molecule has 0 radical (unpaired) electrons. The average Bonchev–Trinajstić information content (AvgIpc) is 2.40. The van der Waals surface area contributed by atoms with Gasteiger partial charge in [-0.15, -0.1) is 0 Å². The van der Waals surface area contributed by atoms with Crippen molar-refractivity contribution in [2.45, 2.75) is 11.5 Å². The molecule has 0 aliphatic heterocycles. The number of hydrogen-bond acceptors (Lipinski definition) is 0. The fraction of sp³-hybridized carbons (Fsp3) is 0.143. The Morgan fingerprint density at radius 1 is 1.00 bits per heavy atom. The SMILES string of the molecule is FC(F)(F)c1ccc(-c2cccc(Cl)c2Cl)c(CBr)c1. The molecule has 0 heterocycles. The largest absolute Gasteiger partial charge is 0.416 e. The van der Waals surface area contributed by atoms with Gasteiger partial charge in [0.15, 0.2) is 0 Å². The van der Waals surface area contributed by atoms with Crippen molar-refractivity contribution in [2.75, 3.05) is 0 Å². The molecule has 2 aromatic carbocycles. The number of alkyl halides is 4. The fourth-order valence-electron chi connectivity index (χ4n) is 1.86. The van der Waals surface area contributed by atoms with Crippen molar-refractivity contribution in [3.8, 4) is 11.1 Å². The van der Waals surface area contributed by atoms with Crippen molar-refractivity contribution >= 4 is 39.1 Å². The zero-order valence-corrected chi connectivity index (χ0v) is 13.0. The van der Waals surface area contributed by atoms with Gasteiger partial charge >= 0.3 is 6.18 Å². The molecule has 0 aliphatic rings. The van der Waals surface area contributed by atoms with E-state index in [0.717, 1.165) is 12.1 Å². The average molecular weight is 384 g/mol. The Bertz CT molecular complexity index is 639. The first-order valence-corrected chi connectivity index (χ1v) is 7.43. The molecule has 20 heavy (non-hydrogen) atoms. The molecule has 0 spiro atoms. The minimum absolute atomic E-state index is 0.287. The van der Waals surface area contributed by atoms with E-state index >= 15 is 0 Å². The van der Waals surface area contributed by atoms with E-state index < -0.39 is 11.7 Å². The van der Waals surface area contributed by atoms with Gasteiger partial charge in [0, 0.05) is 10.9 Å². The number of hydrogen-bond donors (Lipinski definition) is 0. The Morgan fingerprint density at radius 3 is 2.30 bits per heavy atom. The summed E-state index contributed by atoms with van der Waals surface area (Å²) < 4.78 is 38.2. The molecule has 0 amide bonds. The summed E-state index contributed by atoms with van der Waals surface area (Å²) in [5.74, 6) is 0. The Labute approximate surface area is 132 Å². The monoisotopic (exact) mass is 382 g/mol. The Balaban J connectivity index is 2.61. The first kappa shape index (κ1) is 15.7. The van der Waals surface area contributed by atoms with E-state index in [9.17, 15) is 13.2 Å². The predicted molar refractivity (Wildman–Crippen MR) is 79.5 cm³/mol. The molecule has 2 rings (SSSR count). The van der Waals surface area contributed by atoms with Gasteiger partial charge < -0.3 is 0 Å². The van der Waals surface area contributed by atoms with Crippen molar-refractivity contribution < 1.29 is 13.2 Å². The molecule has 0 saturated carbocycles. The van der Waals surface area contributed by atoms with Gasteiger partial charge in [-0.3, -0.25) is 0 Å². The van der Waals surface area contributed by atoms with Crippen LogP contribution in [0.5, 0.6) is 0 Å². The van der Waals surface area contributed by atoms with E-state index in [-0.39, 0.29) is 5.33 Å². The molecular weight excluding hydrogens is 376 g/mol. The van der Waals surface area contributed by atoms with Crippen molar-refractivity contribution in [3.05, 3.63) is 57.6 Å². The Kier molecular flexibility index (Phi) is 4.67. The highest BCUT2D eigenvalue weighted by Gasteiger charge is 2.31. The summed E-state index contributed by atoms with van der Waals surface area (Å²) in [5.41, 5.74) is 1.06. The highest BCUT2D eigenvalue weighted by molar-refractivity contribution is 9.08. The second-order valence-corrected chi connectivity index (χ2v) is 5.45. The van der Waals surface area contributed by atoms with Crippen LogP contribution in [0.3, 0.4) is 0 Å². The summed E-state index contributed by atoms with van der Waals surface area (Å²) in [4.78, 5) is 0. The van der Waals surface area contributed by atoms with E-state index in [0.29, 0.717) is 26.7 Å². The van der Waals surface area contributed by atoms with E-state index in [4.69, 9.17) is 23.2 Å². The summed E-state index contributed by atoms with van der Waals surface area (Å²) in [6, 6.07) is 8.63. The van der Waals surface area contributed by atoms with Crippen molar-refractivity contribution in [1.82, 2.24) is 0 Å². The maximum Gasteiger partial charge on any atom is 0.416 e. The van der Waals surface area contributed by atoms with Crippen LogP contribution in [0, 0.1) is 0 Å². The number of halogens is 6. The van der Waals surface area contributed by atoms with Gasteiger partial charge in [-0.1, -0.05) is 57.3 Å². The first-order chi connectivity index (χ1) is 9.34. The fourth-order valence-corrected chi connectivity index (χ4v) is 2.72. The first-order valence-electron chi connectivity index (χ1n) is 5.55. The minimum Gasteiger partial charge on any atom is -0.166 e. The lowest BCUT2D eigenvalue weighted by Gasteiger charge is -2.14. The minimum atomic E-state index is -4.37. The van der Waals surface area contributed by atoms with E-state index in [2.05, 4.69) is 15.9 Å². The predicted octanol–water partition coefficient (Wildman–Crippen LogP) is 6.57. The smallest absolute Gasteiger partial charge is 0.166 e. The highest BCUT2D eigenvalue weighted by atomic mass is 79.9. The normalized spacial score (nSPS) is 11.7. The third-order valence-corrected chi connectivity index (χ3v) is 4.24. The Morgan fingerprint density at radius 2 is 1.70 bits per heavy atom. The van der Waals surface area contributed by atoms with Crippen LogP contribution in [-0.2, 0) is 11.5 Å². The molecule has 106 valence electrons. The molecular formula is C14H8BrCl2F3. The third kappa shape index (κ3) is 3.13. The summed E-state index contributed by atoms with van der Waals surface area (Å²) in [5, 5.41) is 0.982. The van der Waals surface area contributed by atoms with E-state index in [1.54, 1.807) is 18.2 Å². The van der Waals surface area contributed by atoms with Gasteiger partial charge in [0.25, 0.3) is 0 Å². The van der Waals surface area contributed by atoms with Crippen LogP contribution in [0.2, 0.25) is 10.0 Å². The summed E-state index contributed by atoms with van der Waals surface area (Å²) >= 11 is 15.3. The van der Waals surface area contributed by atoms with Crippen LogP contribution in [0.15, 0.2) is 36.4 Å². The van der Waals surface area contributed by atoms with Crippen molar-refractivity contribution in [3.63, 3.8) is 0 Å². The van der Waals surface area contributed by atoms with Crippen molar-refractivity contribution in [2.24, 2.45) is 0 Å². The lowest BCUT2D eigenvalue weighted by Crippen LogP contribution is -2.05. The second-order valence-electron chi connectivity index (χ2n) is 4.10. The maximum atomic E-state index is 12.7. The zero-order valence-electron chi connectivity index (χ0n) is 9.94. The Hall–Kier alpha value is -0.710. The molecule has 0 N–H and O–H groups in total. The molecule has 0 nitrogen and oxygen atoms in total. The molecule has 2 aromatic rings. The molecule has 6 heteroatoms. The van der Waals surface area contributed by atoms with Gasteiger partial charge in [0.1, 0.15) is 0 Å². The standard InChI is InChI=1S/C14H8BrCl2F3/c15-7-8-6-9(14(18,19)20)4-5-10(8)11-2-1-3-12(16)13(11)17/h1-6H,7H2. The van der Waals surface area contributed by atoms with E-state index in [1.165, 1.54) is 6.07 Å². The van der Waals surface area contributed by atoms with Crippen LogP contribution in [0.25, 0.3) is 11.1 Å². The highest BCUT2D eigenvalue weighted by Crippen LogP contribution is 2.38. The lowest BCUT2D eigenvalue weighted by molar-refractivity contribution is -0.137. The molecule has 0 saturated heterocycles. The molecule has 0 unspecified atom stereocenters. The molecule has 0 bridgehead atoms. The van der Waals surface area contributed by atoms with Crippen molar-refractivity contribution in [1.29, 1.82) is 0 Å². The van der Waals surface area contributed by atoms with Gasteiger partial charge in [0.05, 0.1) is 15.6 Å². The summed E-state index contributed by atoms with van der Waals surface area (Å²) in [7, 11) is 0. The zero-order chi connectivity index (χ0) is 14.9.